The number of carbonyl (C=O) groups is 2. The van der Waals surface area contributed by atoms with Gasteiger partial charge in [-0.05, 0) is 35.9 Å². The summed E-state index contributed by atoms with van der Waals surface area (Å²) in [5.74, 6) is -1.66. The number of nitrogens with zero attached hydrogens (tertiary/aromatic N) is 3. The van der Waals surface area contributed by atoms with Crippen LogP contribution in [-0.4, -0.2) is 33.0 Å². The van der Waals surface area contributed by atoms with Crippen LogP contribution in [0.25, 0.3) is 11.3 Å². The zero-order chi connectivity index (χ0) is 23.2. The lowest BCUT2D eigenvalue weighted by molar-refractivity contribution is -0.132. The Balaban J connectivity index is 1.66. The van der Waals surface area contributed by atoms with Crippen LogP contribution in [0.1, 0.15) is 21.6 Å². The maximum Gasteiger partial charge on any atom is 0.252 e. The van der Waals surface area contributed by atoms with Gasteiger partial charge in [0.15, 0.2) is 5.82 Å². The fourth-order valence-corrected chi connectivity index (χ4v) is 4.74. The van der Waals surface area contributed by atoms with Crippen molar-refractivity contribution in [2.45, 2.75) is 19.5 Å². The van der Waals surface area contributed by atoms with E-state index in [1.54, 1.807) is 27.8 Å². The highest BCUT2D eigenvalue weighted by Gasteiger charge is 2.30. The van der Waals surface area contributed by atoms with Gasteiger partial charge in [-0.15, -0.1) is 0 Å². The van der Waals surface area contributed by atoms with Crippen LogP contribution < -0.4 is 5.73 Å². The molecular weight excluding hydrogens is 501 g/mol. The number of aromatic nitrogens is 2. The van der Waals surface area contributed by atoms with E-state index in [2.05, 4.69) is 5.10 Å². The SMILES string of the molecule is NC(=O)c1c(-c2cc(Cl)c(F)c(Cl)c2)nn2c1CN(C(=O)Cc1cc(Cl)cc(Cl)c1)CC2. The molecule has 0 fully saturated rings. The van der Waals surface area contributed by atoms with E-state index in [0.29, 0.717) is 40.0 Å². The highest BCUT2D eigenvalue weighted by molar-refractivity contribution is 6.35. The number of nitrogens with two attached hydrogens (primary N) is 1. The van der Waals surface area contributed by atoms with Gasteiger partial charge in [0, 0.05) is 22.2 Å². The second kappa shape index (κ2) is 8.90. The first kappa shape index (κ1) is 22.9. The molecule has 0 radical (unpaired) electrons. The van der Waals surface area contributed by atoms with Crippen molar-refractivity contribution < 1.29 is 14.0 Å². The molecule has 2 N–H and O–H groups in total. The monoisotopic (exact) mass is 514 g/mol. The number of primary amides is 1. The second-order valence-corrected chi connectivity index (χ2v) is 8.97. The Morgan fingerprint density at radius 2 is 1.62 bits per heavy atom. The first-order valence-electron chi connectivity index (χ1n) is 9.41. The highest BCUT2D eigenvalue weighted by Crippen LogP contribution is 2.34. The molecule has 3 aromatic rings. The molecule has 2 aromatic carbocycles. The number of benzene rings is 2. The van der Waals surface area contributed by atoms with Crippen LogP contribution in [0.3, 0.4) is 0 Å². The summed E-state index contributed by atoms with van der Waals surface area (Å²) in [6.07, 6.45) is 0.0936. The molecule has 166 valence electrons. The van der Waals surface area contributed by atoms with Crippen LogP contribution in [0, 0.1) is 5.82 Å². The van der Waals surface area contributed by atoms with Gasteiger partial charge in [0.25, 0.3) is 5.91 Å². The number of fused-ring (bicyclic) bond motifs is 1. The molecule has 1 aliphatic heterocycles. The molecule has 4 rings (SSSR count). The van der Waals surface area contributed by atoms with Gasteiger partial charge in [-0.25, -0.2) is 4.39 Å². The maximum atomic E-state index is 13.8. The van der Waals surface area contributed by atoms with Crippen LogP contribution in [0.2, 0.25) is 20.1 Å². The van der Waals surface area contributed by atoms with E-state index in [1.807, 2.05) is 0 Å². The van der Waals surface area contributed by atoms with Gasteiger partial charge >= 0.3 is 0 Å². The largest absolute Gasteiger partial charge is 0.365 e. The van der Waals surface area contributed by atoms with E-state index in [1.165, 1.54) is 12.1 Å². The van der Waals surface area contributed by atoms with Crippen LogP contribution in [0.15, 0.2) is 30.3 Å². The summed E-state index contributed by atoms with van der Waals surface area (Å²) < 4.78 is 15.5. The van der Waals surface area contributed by atoms with Crippen molar-refractivity contribution in [1.82, 2.24) is 14.7 Å². The summed E-state index contributed by atoms with van der Waals surface area (Å²) >= 11 is 23.9. The van der Waals surface area contributed by atoms with Gasteiger partial charge in [-0.1, -0.05) is 46.4 Å². The molecule has 1 aromatic heterocycles. The maximum absolute atomic E-state index is 13.8. The average Bonchev–Trinajstić information content (AvgIpc) is 3.09. The summed E-state index contributed by atoms with van der Waals surface area (Å²) in [6.45, 7) is 0.853. The first-order chi connectivity index (χ1) is 15.1. The lowest BCUT2D eigenvalue weighted by atomic mass is 10.0. The van der Waals surface area contributed by atoms with Crippen molar-refractivity contribution in [2.75, 3.05) is 6.54 Å². The Morgan fingerprint density at radius 1 is 1.00 bits per heavy atom. The molecule has 0 spiro atoms. The Hall–Kier alpha value is -2.32. The molecule has 2 heterocycles. The second-order valence-electron chi connectivity index (χ2n) is 7.28. The number of carbonyl (C=O) groups excluding carboxylic acids is 2. The number of hydrogen-bond donors (Lipinski definition) is 1. The molecule has 0 bridgehead atoms. The van der Waals surface area contributed by atoms with Gasteiger partial charge in [-0.3, -0.25) is 14.3 Å². The van der Waals surface area contributed by atoms with E-state index >= 15 is 0 Å². The molecule has 0 saturated heterocycles. The zero-order valence-corrected chi connectivity index (χ0v) is 19.4. The third kappa shape index (κ3) is 4.43. The quantitative estimate of drug-likeness (QED) is 0.497. The summed E-state index contributed by atoms with van der Waals surface area (Å²) in [7, 11) is 0. The fourth-order valence-electron chi connectivity index (χ4n) is 3.68. The van der Waals surface area contributed by atoms with Crippen LogP contribution >= 0.6 is 46.4 Å². The van der Waals surface area contributed by atoms with Crippen molar-refractivity contribution in [3.63, 3.8) is 0 Å². The molecule has 0 aliphatic carbocycles. The van der Waals surface area contributed by atoms with Crippen LogP contribution in [0.5, 0.6) is 0 Å². The highest BCUT2D eigenvalue weighted by atomic mass is 35.5. The normalized spacial score (nSPS) is 13.2. The van der Waals surface area contributed by atoms with Crippen molar-refractivity contribution in [1.29, 1.82) is 0 Å². The van der Waals surface area contributed by atoms with Gasteiger partial charge in [0.2, 0.25) is 5.91 Å². The molecule has 6 nitrogen and oxygen atoms in total. The van der Waals surface area contributed by atoms with E-state index in [-0.39, 0.29) is 40.2 Å². The minimum Gasteiger partial charge on any atom is -0.365 e. The van der Waals surface area contributed by atoms with E-state index in [4.69, 9.17) is 52.1 Å². The average molecular weight is 516 g/mol. The fraction of sp³-hybridized carbons (Fsp3) is 0.190. The summed E-state index contributed by atoms with van der Waals surface area (Å²) in [4.78, 5) is 26.8. The lowest BCUT2D eigenvalue weighted by Crippen LogP contribution is -2.40. The lowest BCUT2D eigenvalue weighted by Gasteiger charge is -2.28. The third-order valence-electron chi connectivity index (χ3n) is 5.11. The van der Waals surface area contributed by atoms with E-state index in [9.17, 15) is 14.0 Å². The number of halogens is 5. The van der Waals surface area contributed by atoms with Crippen LogP contribution in [-0.2, 0) is 24.3 Å². The molecule has 1 aliphatic rings. The topological polar surface area (TPSA) is 81.2 Å². The molecule has 32 heavy (non-hydrogen) atoms. The van der Waals surface area contributed by atoms with Gasteiger partial charge in [-0.2, -0.15) is 5.10 Å². The molecular formula is C21H15Cl4FN4O2. The third-order valence-corrected chi connectivity index (χ3v) is 6.10. The Labute approximate surface area is 202 Å². The van der Waals surface area contributed by atoms with Crippen molar-refractivity contribution in [3.05, 3.63) is 73.1 Å². The van der Waals surface area contributed by atoms with Gasteiger partial charge in [0.05, 0.1) is 40.8 Å². The minimum atomic E-state index is -0.764. The standard InChI is InChI=1S/C21H15Cl4FN4O2/c22-12-3-10(4-13(23)8-12)5-17(31)29-1-2-30-16(9-29)18(21(27)32)20(28-30)11-6-14(24)19(26)15(25)7-11/h3-4,6-8H,1-2,5,9H2,(H2,27,32). The minimum absolute atomic E-state index is 0.0936. The summed E-state index contributed by atoms with van der Waals surface area (Å²) in [5, 5.41) is 4.93. The Kier molecular flexibility index (Phi) is 6.36. The van der Waals surface area contributed by atoms with E-state index in [0.717, 1.165) is 0 Å². The van der Waals surface area contributed by atoms with Gasteiger partial charge < -0.3 is 10.6 Å². The molecule has 0 saturated carbocycles. The first-order valence-corrected chi connectivity index (χ1v) is 10.9. The van der Waals surface area contributed by atoms with Crippen LogP contribution in [0.4, 0.5) is 4.39 Å². The molecule has 2 amide bonds. The number of amides is 2. The zero-order valence-electron chi connectivity index (χ0n) is 16.3. The predicted molar refractivity (Wildman–Crippen MR) is 122 cm³/mol. The number of hydrogen-bond acceptors (Lipinski definition) is 3. The van der Waals surface area contributed by atoms with Crippen molar-refractivity contribution in [3.8, 4) is 11.3 Å². The summed E-state index contributed by atoms with van der Waals surface area (Å²) in [6, 6.07) is 7.60. The van der Waals surface area contributed by atoms with Crippen molar-refractivity contribution >= 4 is 58.2 Å². The van der Waals surface area contributed by atoms with Gasteiger partial charge in [0.1, 0.15) is 5.69 Å². The Morgan fingerprint density at radius 3 is 2.22 bits per heavy atom. The number of rotatable bonds is 4. The molecule has 0 atom stereocenters. The molecule has 11 heteroatoms. The Bertz CT molecular complexity index is 1220. The smallest absolute Gasteiger partial charge is 0.252 e. The molecule has 0 unspecified atom stereocenters. The predicted octanol–water partition coefficient (Wildman–Crippen LogP) is 4.99. The van der Waals surface area contributed by atoms with E-state index < -0.39 is 11.7 Å². The van der Waals surface area contributed by atoms with Crippen molar-refractivity contribution in [2.24, 2.45) is 5.73 Å². The summed E-state index contributed by atoms with van der Waals surface area (Å²) in [5.41, 5.74) is 7.51.